The van der Waals surface area contributed by atoms with E-state index in [9.17, 15) is 27.6 Å². The van der Waals surface area contributed by atoms with E-state index in [2.05, 4.69) is 5.32 Å². The van der Waals surface area contributed by atoms with Gasteiger partial charge in [0, 0.05) is 35.6 Å². The average Bonchev–Trinajstić information content (AvgIpc) is 3.39. The number of carbonyl (C=O) groups is 1. The molecule has 0 aromatic heterocycles. The van der Waals surface area contributed by atoms with Crippen LogP contribution in [0.5, 0.6) is 0 Å². The van der Waals surface area contributed by atoms with Crippen LogP contribution in [-0.2, 0) is 45.4 Å². The number of nitrogens with zero attached hydrogens (tertiary/aromatic N) is 1. The molecule has 1 aliphatic heterocycles. The van der Waals surface area contributed by atoms with Crippen molar-refractivity contribution in [1.82, 2.24) is 9.62 Å². The second-order valence-electron chi connectivity index (χ2n) is 10.2. The van der Waals surface area contributed by atoms with Crippen molar-refractivity contribution in [2.75, 3.05) is 32.0 Å². The number of amides is 1. The van der Waals surface area contributed by atoms with Gasteiger partial charge in [-0.05, 0) is 42.2 Å². The van der Waals surface area contributed by atoms with Gasteiger partial charge in [-0.2, -0.15) is 4.31 Å². The summed E-state index contributed by atoms with van der Waals surface area (Å²) in [5.41, 5.74) is 6.82. The zero-order valence-corrected chi connectivity index (χ0v) is 29.4. The summed E-state index contributed by atoms with van der Waals surface area (Å²) in [6.45, 7) is 3.87. The summed E-state index contributed by atoms with van der Waals surface area (Å²) in [5, 5.41) is 2.65. The zero-order valence-electron chi connectivity index (χ0n) is 24.6. The summed E-state index contributed by atoms with van der Waals surface area (Å²) in [6, 6.07) is 13.5. The van der Waals surface area contributed by atoms with Crippen molar-refractivity contribution in [2.24, 2.45) is 5.92 Å². The van der Waals surface area contributed by atoms with Crippen LogP contribution < -0.4 is 11.1 Å². The molecule has 3 rings (SSSR count). The molecule has 0 bridgehead atoms. The fraction of sp³-hybridized carbons (Fsp3) is 0.480. The standard InChI is InChI=1S/C25H36N3O9PS.Ca.H2O4S/c1-18(2)15-28(39(33,34)22-10-8-20(26)9-11-22)16-24(37-38(30,31)32)23(14-19-6-4-3-5-7-19)27-25(29)36-21-12-13-35-17-21;;1-5(2,3)4/h3-11,18,21,23-24H,12-17,26H2,1-2H3,(H,27,29)(H2,30,31,32);;(H2,1,2,3,4)/q;+2;/p-2/t21-,23-,24+;;/m0../s1. The Kier molecular flexibility index (Phi) is 17.4. The number of ether oxygens (including phenoxy) is 2. The number of benzene rings is 2. The van der Waals surface area contributed by atoms with Crippen LogP contribution in [-0.4, -0.2) is 128 Å². The van der Waals surface area contributed by atoms with E-state index in [1.807, 2.05) is 13.8 Å². The predicted molar refractivity (Wildman–Crippen MR) is 160 cm³/mol. The number of rotatable bonds is 13. The van der Waals surface area contributed by atoms with Crippen molar-refractivity contribution in [3.63, 3.8) is 0 Å². The molecule has 0 aliphatic carbocycles. The third-order valence-electron chi connectivity index (χ3n) is 5.96. The van der Waals surface area contributed by atoms with E-state index in [0.29, 0.717) is 18.7 Å². The number of nitrogens with one attached hydrogen (secondary N) is 1. The SMILES string of the molecule is CC(C)CN(C[C@@H](OP(=O)(O)O)[C@H](Cc1ccccc1)NC(=O)O[C@H]1CCOC1)S(=O)(=O)c1ccc(N)cc1.O=S(=O)([O-])[O-].[Ca+2]. The molecule has 0 radical (unpaired) electrons. The van der Waals surface area contributed by atoms with Gasteiger partial charge in [-0.25, -0.2) is 17.8 Å². The van der Waals surface area contributed by atoms with E-state index in [4.69, 9.17) is 37.3 Å². The van der Waals surface area contributed by atoms with Crippen LogP contribution in [0.4, 0.5) is 10.5 Å². The van der Waals surface area contributed by atoms with E-state index < -0.39 is 59.1 Å². The van der Waals surface area contributed by atoms with Crippen LogP contribution in [0.2, 0.25) is 0 Å². The molecule has 45 heavy (non-hydrogen) atoms. The summed E-state index contributed by atoms with van der Waals surface area (Å²) in [5.74, 6) is -0.142. The van der Waals surface area contributed by atoms with Crippen LogP contribution in [0.1, 0.15) is 25.8 Å². The third-order valence-corrected chi connectivity index (χ3v) is 8.35. The summed E-state index contributed by atoms with van der Waals surface area (Å²) >= 11 is 0. The van der Waals surface area contributed by atoms with Crippen molar-refractivity contribution < 1.29 is 59.1 Å². The first-order valence-corrected chi connectivity index (χ1v) is 17.5. The van der Waals surface area contributed by atoms with Crippen molar-refractivity contribution in [2.45, 2.75) is 49.8 Å². The van der Waals surface area contributed by atoms with Crippen LogP contribution in [0.3, 0.4) is 0 Å². The third kappa shape index (κ3) is 16.8. The quantitative estimate of drug-likeness (QED) is 0.0734. The Labute approximate surface area is 292 Å². The van der Waals surface area contributed by atoms with Gasteiger partial charge in [-0.15, -0.1) is 0 Å². The molecule has 1 saturated heterocycles. The Bertz CT molecular complexity index is 1450. The number of carbonyl (C=O) groups excluding carboxylic acids is 1. The maximum absolute atomic E-state index is 13.6. The summed E-state index contributed by atoms with van der Waals surface area (Å²) in [6.07, 6.45) is -2.14. The van der Waals surface area contributed by atoms with Crippen LogP contribution in [0.15, 0.2) is 59.5 Å². The molecule has 0 unspecified atom stereocenters. The van der Waals surface area contributed by atoms with Crippen molar-refractivity contribution in [3.8, 4) is 0 Å². The normalized spacial score (nSPS) is 16.7. The largest absolute Gasteiger partial charge is 2.00 e. The molecule has 1 aliphatic rings. The molecule has 20 heteroatoms. The fourth-order valence-electron chi connectivity index (χ4n) is 4.16. The van der Waals surface area contributed by atoms with Crippen LogP contribution in [0, 0.1) is 5.92 Å². The van der Waals surface area contributed by atoms with Gasteiger partial charge in [0.1, 0.15) is 12.2 Å². The first kappa shape index (κ1) is 41.6. The molecule has 16 nitrogen and oxygen atoms in total. The molecule has 0 spiro atoms. The predicted octanol–water partition coefficient (Wildman–Crippen LogP) is 0.801. The van der Waals surface area contributed by atoms with E-state index in [1.165, 1.54) is 24.3 Å². The summed E-state index contributed by atoms with van der Waals surface area (Å²) in [4.78, 5) is 32.3. The molecular formula is C25H36CaN3O13PS2. The number of phosphoric acid groups is 1. The minimum atomic E-state index is -5.17. The van der Waals surface area contributed by atoms with E-state index >= 15 is 0 Å². The van der Waals surface area contributed by atoms with E-state index in [1.54, 1.807) is 30.3 Å². The number of nitrogen functional groups attached to an aromatic ring is 1. The molecule has 1 heterocycles. The molecule has 0 saturated carbocycles. The number of alkyl carbamates (subject to hydrolysis) is 1. The summed E-state index contributed by atoms with van der Waals surface area (Å²) in [7, 11) is -14.4. The summed E-state index contributed by atoms with van der Waals surface area (Å²) < 4.78 is 90.3. The Morgan fingerprint density at radius 2 is 1.67 bits per heavy atom. The monoisotopic (exact) mass is 721 g/mol. The fourth-order valence-corrected chi connectivity index (χ4v) is 6.35. The average molecular weight is 722 g/mol. The smallest absolute Gasteiger partial charge is 0.759 e. The molecule has 1 fully saturated rings. The molecule has 3 atom stereocenters. The molecule has 2 aromatic carbocycles. The molecular weight excluding hydrogens is 685 g/mol. The van der Waals surface area contributed by atoms with Gasteiger partial charge in [-0.3, -0.25) is 12.9 Å². The van der Waals surface area contributed by atoms with Gasteiger partial charge < -0.3 is 39.4 Å². The first-order valence-electron chi connectivity index (χ1n) is 13.2. The Hall–Kier alpha value is -1.38. The number of hydrogen-bond acceptors (Lipinski definition) is 12. The van der Waals surface area contributed by atoms with Crippen LogP contribution >= 0.6 is 7.82 Å². The maximum atomic E-state index is 13.6. The van der Waals surface area contributed by atoms with Crippen molar-refractivity contribution >= 4 is 77.8 Å². The van der Waals surface area contributed by atoms with E-state index in [-0.39, 0.29) is 68.1 Å². The number of nitrogens with two attached hydrogens (primary N) is 1. The van der Waals surface area contributed by atoms with Gasteiger partial charge in [0.25, 0.3) is 0 Å². The maximum Gasteiger partial charge on any atom is 2.00 e. The molecule has 5 N–H and O–H groups in total. The molecule has 248 valence electrons. The minimum absolute atomic E-state index is 0. The second kappa shape index (κ2) is 18.8. The Morgan fingerprint density at radius 1 is 1.09 bits per heavy atom. The molecule has 2 aromatic rings. The Balaban J connectivity index is 0.00000156. The van der Waals surface area contributed by atoms with E-state index in [0.717, 1.165) is 9.87 Å². The van der Waals surface area contributed by atoms with Gasteiger partial charge in [0.15, 0.2) is 0 Å². The van der Waals surface area contributed by atoms with Gasteiger partial charge in [-0.1, -0.05) is 44.2 Å². The molecule has 1 amide bonds. The number of anilines is 1. The number of sulfonamides is 1. The zero-order chi connectivity index (χ0) is 33.1. The first-order chi connectivity index (χ1) is 20.3. The minimum Gasteiger partial charge on any atom is -0.759 e. The van der Waals surface area contributed by atoms with Crippen LogP contribution in [0.25, 0.3) is 0 Å². The Morgan fingerprint density at radius 3 is 2.16 bits per heavy atom. The van der Waals surface area contributed by atoms with Gasteiger partial charge in [0.2, 0.25) is 10.0 Å². The van der Waals surface area contributed by atoms with Gasteiger partial charge in [0.05, 0.1) is 24.2 Å². The van der Waals surface area contributed by atoms with Crippen molar-refractivity contribution in [3.05, 3.63) is 60.2 Å². The second-order valence-corrected chi connectivity index (χ2v) is 14.1. The number of hydrogen-bond donors (Lipinski definition) is 4. The van der Waals surface area contributed by atoms with Crippen molar-refractivity contribution in [1.29, 1.82) is 0 Å². The number of phosphoric ester groups is 1. The van der Waals surface area contributed by atoms with Gasteiger partial charge >= 0.3 is 51.7 Å². The topological polar surface area (TPSA) is 258 Å².